The summed E-state index contributed by atoms with van der Waals surface area (Å²) in [6.07, 6.45) is 2.18. The van der Waals surface area contributed by atoms with Crippen LogP contribution in [0, 0.1) is 0 Å². The minimum absolute atomic E-state index is 0.123. The summed E-state index contributed by atoms with van der Waals surface area (Å²) in [5.74, 6) is 0.926. The molecule has 1 aliphatic heterocycles. The van der Waals surface area contributed by atoms with Gasteiger partial charge in [-0.15, -0.1) is 15.3 Å². The largest absolute Gasteiger partial charge is 0.493 e. The van der Waals surface area contributed by atoms with E-state index < -0.39 is 0 Å². The highest BCUT2D eigenvalue weighted by molar-refractivity contribution is 7.08. The molecular weight excluding hydrogens is 390 g/mol. The van der Waals surface area contributed by atoms with Gasteiger partial charge in [-0.1, -0.05) is 6.07 Å². The van der Waals surface area contributed by atoms with Crippen LogP contribution in [0.3, 0.4) is 0 Å². The predicted octanol–water partition coefficient (Wildman–Crippen LogP) is 2.87. The Morgan fingerprint density at radius 1 is 1.28 bits per heavy atom. The van der Waals surface area contributed by atoms with E-state index >= 15 is 0 Å². The first-order valence-corrected chi connectivity index (χ1v) is 10.1. The molecule has 146 valence electrons. The molecule has 1 aliphatic rings. The molecule has 4 heterocycles. The van der Waals surface area contributed by atoms with Crippen molar-refractivity contribution < 1.29 is 14.3 Å². The van der Waals surface area contributed by atoms with E-state index in [-0.39, 0.29) is 18.6 Å². The lowest BCUT2D eigenvalue weighted by Gasteiger charge is -2.27. The number of carbonyl (C=O) groups is 1. The van der Waals surface area contributed by atoms with Gasteiger partial charge in [-0.25, -0.2) is 0 Å². The van der Waals surface area contributed by atoms with Crippen LogP contribution in [0.15, 0.2) is 53.5 Å². The molecule has 1 aromatic carbocycles. The van der Waals surface area contributed by atoms with Gasteiger partial charge < -0.3 is 14.8 Å². The van der Waals surface area contributed by atoms with Gasteiger partial charge >= 0.3 is 0 Å². The molecule has 0 aliphatic carbocycles. The summed E-state index contributed by atoms with van der Waals surface area (Å²) < 4.78 is 12.8. The lowest BCUT2D eigenvalue weighted by molar-refractivity contribution is -0.124. The molecule has 0 saturated carbocycles. The number of benzene rings is 1. The minimum atomic E-state index is -0.213. The molecule has 0 saturated heterocycles. The highest BCUT2D eigenvalue weighted by Crippen LogP contribution is 2.35. The Labute approximate surface area is 170 Å². The maximum absolute atomic E-state index is 12.5. The van der Waals surface area contributed by atoms with Gasteiger partial charge in [0.1, 0.15) is 12.1 Å². The summed E-state index contributed by atoms with van der Waals surface area (Å²) in [7, 11) is 0. The summed E-state index contributed by atoms with van der Waals surface area (Å²) in [6, 6.07) is 11.4. The molecule has 4 aromatic rings. The number of hydrogen-bond acceptors (Lipinski definition) is 7. The van der Waals surface area contributed by atoms with E-state index in [9.17, 15) is 4.79 Å². The van der Waals surface area contributed by atoms with E-state index in [0.29, 0.717) is 24.6 Å². The number of hydrogen-bond donors (Lipinski definition) is 1. The lowest BCUT2D eigenvalue weighted by atomic mass is 9.96. The van der Waals surface area contributed by atoms with Gasteiger partial charge in [0.25, 0.3) is 5.91 Å². The van der Waals surface area contributed by atoms with Crippen molar-refractivity contribution >= 4 is 22.9 Å². The molecule has 1 N–H and O–H groups in total. The zero-order valence-electron chi connectivity index (χ0n) is 15.3. The van der Waals surface area contributed by atoms with Crippen LogP contribution in [0.1, 0.15) is 18.0 Å². The topological polar surface area (TPSA) is 90.6 Å². The van der Waals surface area contributed by atoms with Crippen LogP contribution >= 0.6 is 11.3 Å². The maximum Gasteiger partial charge on any atom is 0.258 e. The van der Waals surface area contributed by atoms with Crippen molar-refractivity contribution in [2.45, 2.75) is 12.5 Å². The Balaban J connectivity index is 1.28. The first kappa shape index (κ1) is 17.6. The molecule has 1 atom stereocenters. The molecular formula is C20H17N5O3S. The van der Waals surface area contributed by atoms with Gasteiger partial charge in [-0.3, -0.25) is 4.79 Å². The van der Waals surface area contributed by atoms with Crippen molar-refractivity contribution in [2.75, 3.05) is 13.2 Å². The van der Waals surface area contributed by atoms with Crippen LogP contribution in [0.4, 0.5) is 0 Å². The average Bonchev–Trinajstić information content (AvgIpc) is 3.44. The molecule has 3 aromatic heterocycles. The number of ether oxygens (including phenoxy) is 2. The van der Waals surface area contributed by atoms with E-state index in [1.807, 2.05) is 17.5 Å². The molecule has 0 radical (unpaired) electrons. The van der Waals surface area contributed by atoms with Gasteiger partial charge in [0.2, 0.25) is 5.88 Å². The summed E-state index contributed by atoms with van der Waals surface area (Å²) in [5.41, 5.74) is 3.86. The molecule has 1 unspecified atom stereocenters. The Hall–Kier alpha value is -3.46. The van der Waals surface area contributed by atoms with Crippen LogP contribution in [0.5, 0.6) is 11.6 Å². The zero-order chi connectivity index (χ0) is 19.6. The van der Waals surface area contributed by atoms with E-state index in [0.717, 1.165) is 22.4 Å². The van der Waals surface area contributed by atoms with E-state index in [1.165, 1.54) is 10.8 Å². The summed E-state index contributed by atoms with van der Waals surface area (Å²) in [6.45, 7) is 0.431. The monoisotopic (exact) mass is 407 g/mol. The molecule has 0 fully saturated rings. The van der Waals surface area contributed by atoms with Crippen LogP contribution in [0.25, 0.3) is 16.8 Å². The number of thiophene rings is 1. The lowest BCUT2D eigenvalue weighted by Crippen LogP contribution is -2.35. The second-order valence-corrected chi connectivity index (χ2v) is 7.40. The second kappa shape index (κ2) is 7.51. The number of nitrogens with zero attached hydrogens (tertiary/aromatic N) is 4. The Kier molecular flexibility index (Phi) is 4.57. The maximum atomic E-state index is 12.5. The number of nitrogens with one attached hydrogen (secondary N) is 1. The number of carbonyl (C=O) groups excluding carboxylic acids is 1. The molecule has 1 amide bonds. The van der Waals surface area contributed by atoms with Gasteiger partial charge in [-0.2, -0.15) is 15.9 Å². The molecule has 29 heavy (non-hydrogen) atoms. The Morgan fingerprint density at radius 2 is 2.24 bits per heavy atom. The first-order chi connectivity index (χ1) is 14.3. The fourth-order valence-electron chi connectivity index (χ4n) is 3.32. The quantitative estimate of drug-likeness (QED) is 0.547. The standard InChI is InChI=1S/C20H17N5O3S/c26-19(10-28-20-4-3-18-23-21-12-25(18)24-20)22-16-5-7-27-17-2-1-13(9-15(16)17)14-6-8-29-11-14/h1-4,6,8-9,11-12,16H,5,7,10H2,(H,22,26). The molecule has 0 spiro atoms. The number of amides is 1. The Bertz CT molecular complexity index is 1160. The average molecular weight is 407 g/mol. The predicted molar refractivity (Wildman–Crippen MR) is 107 cm³/mol. The van der Waals surface area contributed by atoms with Crippen LogP contribution in [-0.4, -0.2) is 38.9 Å². The number of aromatic nitrogens is 4. The van der Waals surface area contributed by atoms with Crippen LogP contribution < -0.4 is 14.8 Å². The zero-order valence-corrected chi connectivity index (χ0v) is 16.1. The van der Waals surface area contributed by atoms with E-state index in [4.69, 9.17) is 9.47 Å². The fraction of sp³-hybridized carbons (Fsp3) is 0.200. The second-order valence-electron chi connectivity index (χ2n) is 6.62. The number of rotatable bonds is 5. The Morgan fingerprint density at radius 3 is 3.14 bits per heavy atom. The third-order valence-electron chi connectivity index (χ3n) is 4.73. The SMILES string of the molecule is O=C(COc1ccc2nncn2n1)NC1CCOc2ccc(-c3ccsc3)cc21. The third kappa shape index (κ3) is 3.64. The summed E-state index contributed by atoms with van der Waals surface area (Å²) in [5, 5.41) is 19.1. The summed E-state index contributed by atoms with van der Waals surface area (Å²) in [4.78, 5) is 12.5. The van der Waals surface area contributed by atoms with Crippen molar-refractivity contribution in [3.63, 3.8) is 0 Å². The first-order valence-electron chi connectivity index (χ1n) is 9.15. The summed E-state index contributed by atoms with van der Waals surface area (Å²) >= 11 is 1.66. The van der Waals surface area contributed by atoms with Gasteiger partial charge in [0.05, 0.1) is 12.6 Å². The smallest absolute Gasteiger partial charge is 0.258 e. The third-order valence-corrected chi connectivity index (χ3v) is 5.41. The van der Waals surface area contributed by atoms with Crippen LogP contribution in [-0.2, 0) is 4.79 Å². The van der Waals surface area contributed by atoms with Crippen LogP contribution in [0.2, 0.25) is 0 Å². The minimum Gasteiger partial charge on any atom is -0.493 e. The van der Waals surface area contributed by atoms with Gasteiger partial charge in [0, 0.05) is 18.1 Å². The van der Waals surface area contributed by atoms with Crippen molar-refractivity contribution in [2.24, 2.45) is 0 Å². The van der Waals surface area contributed by atoms with Crippen molar-refractivity contribution in [3.8, 4) is 22.8 Å². The normalized spacial score (nSPS) is 15.5. The highest BCUT2D eigenvalue weighted by Gasteiger charge is 2.24. The number of fused-ring (bicyclic) bond motifs is 2. The van der Waals surface area contributed by atoms with Crippen molar-refractivity contribution in [3.05, 3.63) is 59.0 Å². The molecule has 5 rings (SSSR count). The van der Waals surface area contributed by atoms with Gasteiger partial charge in [0.15, 0.2) is 12.3 Å². The van der Waals surface area contributed by atoms with E-state index in [2.05, 4.69) is 38.1 Å². The highest BCUT2D eigenvalue weighted by atomic mass is 32.1. The molecule has 9 heteroatoms. The van der Waals surface area contributed by atoms with Crippen molar-refractivity contribution in [1.29, 1.82) is 0 Å². The van der Waals surface area contributed by atoms with E-state index in [1.54, 1.807) is 23.5 Å². The van der Waals surface area contributed by atoms with Gasteiger partial charge in [-0.05, 0) is 46.2 Å². The molecule has 0 bridgehead atoms. The fourth-order valence-corrected chi connectivity index (χ4v) is 3.98. The molecule has 8 nitrogen and oxygen atoms in total. The van der Waals surface area contributed by atoms with Crippen molar-refractivity contribution in [1.82, 2.24) is 25.1 Å².